The summed E-state index contributed by atoms with van der Waals surface area (Å²) in [5.41, 5.74) is 2.44. The van der Waals surface area contributed by atoms with Crippen molar-refractivity contribution in [1.82, 2.24) is 9.55 Å². The van der Waals surface area contributed by atoms with E-state index in [9.17, 15) is 4.39 Å². The third kappa shape index (κ3) is 4.17. The van der Waals surface area contributed by atoms with Crippen molar-refractivity contribution in [3.8, 4) is 28.9 Å². The van der Waals surface area contributed by atoms with Gasteiger partial charge in [-0.05, 0) is 69.7 Å². The smallest absolute Gasteiger partial charge is 0.148 e. The Morgan fingerprint density at radius 1 is 1.16 bits per heavy atom. The molecule has 0 radical (unpaired) electrons. The molecule has 1 aliphatic heterocycles. The highest BCUT2D eigenvalue weighted by atomic mass is 19.1. The summed E-state index contributed by atoms with van der Waals surface area (Å²) < 4.78 is 28.1. The van der Waals surface area contributed by atoms with Gasteiger partial charge >= 0.3 is 0 Å². The Labute approximate surface area is 187 Å². The van der Waals surface area contributed by atoms with Crippen molar-refractivity contribution in [1.29, 1.82) is 5.26 Å². The number of benzene rings is 2. The summed E-state index contributed by atoms with van der Waals surface area (Å²) in [6, 6.07) is 14.0. The Balaban J connectivity index is 1.93. The Hall–Kier alpha value is -3.43. The maximum atomic E-state index is 14.5. The van der Waals surface area contributed by atoms with E-state index in [2.05, 4.69) is 19.9 Å². The van der Waals surface area contributed by atoms with E-state index in [1.54, 1.807) is 13.2 Å². The summed E-state index contributed by atoms with van der Waals surface area (Å²) in [5, 5.41) is 9.11. The summed E-state index contributed by atoms with van der Waals surface area (Å²) >= 11 is 0. The Morgan fingerprint density at radius 3 is 2.56 bits per heavy atom. The van der Waals surface area contributed by atoms with Crippen molar-refractivity contribution in [2.75, 3.05) is 7.11 Å². The Bertz CT molecular complexity index is 1250. The summed E-state index contributed by atoms with van der Waals surface area (Å²) in [4.78, 5) is 4.96. The predicted octanol–water partition coefficient (Wildman–Crippen LogP) is 5.92. The molecule has 4 rings (SSSR count). The minimum Gasteiger partial charge on any atom is -0.496 e. The van der Waals surface area contributed by atoms with E-state index >= 15 is 0 Å². The first kappa shape index (κ1) is 21.8. The van der Waals surface area contributed by atoms with Crippen molar-refractivity contribution in [2.45, 2.75) is 45.3 Å². The minimum absolute atomic E-state index is 0.00330. The van der Waals surface area contributed by atoms with E-state index in [-0.39, 0.29) is 11.2 Å². The van der Waals surface area contributed by atoms with Gasteiger partial charge in [-0.1, -0.05) is 12.1 Å². The molecule has 0 atom stereocenters. The van der Waals surface area contributed by atoms with Crippen LogP contribution in [0.2, 0.25) is 0 Å². The number of ether oxygens (including phenoxy) is 2. The lowest BCUT2D eigenvalue weighted by molar-refractivity contribution is -0.100. The van der Waals surface area contributed by atoms with Crippen LogP contribution in [0.4, 0.5) is 4.39 Å². The number of aromatic nitrogens is 2. The van der Waals surface area contributed by atoms with Gasteiger partial charge in [-0.3, -0.25) is 4.57 Å². The zero-order valence-electron chi connectivity index (χ0n) is 18.9. The number of hydrogen-bond acceptors (Lipinski definition) is 4. The topological polar surface area (TPSA) is 60.1 Å². The quantitative estimate of drug-likeness (QED) is 0.514. The number of imidazole rings is 1. The van der Waals surface area contributed by atoms with Crippen LogP contribution in [-0.2, 0) is 4.74 Å². The van der Waals surface area contributed by atoms with E-state index < -0.39 is 11.4 Å². The molecular weight excluding hydrogens is 405 g/mol. The molecule has 0 N–H and O–H groups in total. The highest BCUT2D eigenvalue weighted by Gasteiger charge is 2.35. The Morgan fingerprint density at radius 2 is 1.91 bits per heavy atom. The van der Waals surface area contributed by atoms with Gasteiger partial charge in [-0.2, -0.15) is 5.26 Å². The number of rotatable bonds is 4. The molecule has 5 nitrogen and oxygen atoms in total. The maximum Gasteiger partial charge on any atom is 0.148 e. The number of nitriles is 1. The molecule has 32 heavy (non-hydrogen) atoms. The lowest BCUT2D eigenvalue weighted by Crippen LogP contribution is -2.39. The molecule has 1 aliphatic rings. The summed E-state index contributed by atoms with van der Waals surface area (Å²) in [6.45, 7) is 8.19. The molecule has 2 aromatic carbocycles. The molecule has 0 unspecified atom stereocenters. The summed E-state index contributed by atoms with van der Waals surface area (Å²) in [7, 11) is 1.61. The highest BCUT2D eigenvalue weighted by Crippen LogP contribution is 2.40. The van der Waals surface area contributed by atoms with E-state index in [0.29, 0.717) is 23.7 Å². The fourth-order valence-electron chi connectivity index (χ4n) is 4.37. The first-order valence-electron chi connectivity index (χ1n) is 10.5. The van der Waals surface area contributed by atoms with Crippen molar-refractivity contribution in [2.24, 2.45) is 0 Å². The van der Waals surface area contributed by atoms with Gasteiger partial charge in [0.1, 0.15) is 23.5 Å². The molecular formula is C26H26FN3O2. The molecule has 2 heterocycles. The second kappa shape index (κ2) is 7.92. The highest BCUT2D eigenvalue weighted by molar-refractivity contribution is 5.72. The SMILES string of the molecule is COc1ccccc1-c1nc(C2=CC(C)(C)OC(C)(C)C2)cn1-c1ccc(C#N)c(F)c1. The average molecular weight is 432 g/mol. The van der Waals surface area contributed by atoms with Crippen LogP contribution in [0.5, 0.6) is 5.75 Å². The van der Waals surface area contributed by atoms with Gasteiger partial charge in [-0.15, -0.1) is 0 Å². The normalized spacial score (nSPS) is 16.8. The standard InChI is InChI=1S/C26H26FN3O2/c1-25(2)13-18(14-26(3,4)32-25)22-16-30(19-11-10-17(15-28)21(27)12-19)24(29-22)20-8-6-7-9-23(20)31-5/h6-13,16H,14H2,1-5H3. The largest absolute Gasteiger partial charge is 0.496 e. The zero-order valence-corrected chi connectivity index (χ0v) is 18.9. The summed E-state index contributed by atoms with van der Waals surface area (Å²) in [5.74, 6) is 0.727. The molecule has 6 heteroatoms. The average Bonchev–Trinajstić information content (AvgIpc) is 3.17. The van der Waals surface area contributed by atoms with Gasteiger partial charge in [0.15, 0.2) is 0 Å². The zero-order chi connectivity index (χ0) is 23.1. The molecule has 0 aliphatic carbocycles. The molecule has 0 bridgehead atoms. The molecule has 164 valence electrons. The monoisotopic (exact) mass is 431 g/mol. The first-order chi connectivity index (χ1) is 15.1. The number of nitrogens with zero attached hydrogens (tertiary/aromatic N) is 3. The number of halogens is 1. The predicted molar refractivity (Wildman–Crippen MR) is 122 cm³/mol. The van der Waals surface area contributed by atoms with Gasteiger partial charge in [0, 0.05) is 12.6 Å². The van der Waals surface area contributed by atoms with Crippen molar-refractivity contribution in [3.63, 3.8) is 0 Å². The van der Waals surface area contributed by atoms with Crippen LogP contribution >= 0.6 is 0 Å². The van der Waals surface area contributed by atoms with Crippen LogP contribution in [0.1, 0.15) is 45.4 Å². The molecule has 0 amide bonds. The minimum atomic E-state index is -0.571. The van der Waals surface area contributed by atoms with Gasteiger partial charge in [0.2, 0.25) is 0 Å². The first-order valence-corrected chi connectivity index (χ1v) is 10.5. The van der Waals surface area contributed by atoms with Crippen molar-refractivity contribution >= 4 is 5.57 Å². The van der Waals surface area contributed by atoms with Crippen LogP contribution in [0.25, 0.3) is 22.6 Å². The van der Waals surface area contributed by atoms with Gasteiger partial charge < -0.3 is 9.47 Å². The number of para-hydroxylation sites is 1. The van der Waals surface area contributed by atoms with Gasteiger partial charge in [-0.25, -0.2) is 9.37 Å². The van der Waals surface area contributed by atoms with E-state index in [1.807, 2.05) is 54.9 Å². The fourth-order valence-corrected chi connectivity index (χ4v) is 4.37. The third-order valence-corrected chi connectivity index (χ3v) is 5.41. The molecule has 3 aromatic rings. The van der Waals surface area contributed by atoms with E-state index in [0.717, 1.165) is 16.8 Å². The van der Waals surface area contributed by atoms with Crippen LogP contribution in [0, 0.1) is 17.1 Å². The summed E-state index contributed by atoms with van der Waals surface area (Å²) in [6.07, 6.45) is 4.70. The lowest BCUT2D eigenvalue weighted by atomic mass is 9.88. The van der Waals surface area contributed by atoms with Crippen molar-refractivity contribution < 1.29 is 13.9 Å². The lowest BCUT2D eigenvalue weighted by Gasteiger charge is -2.39. The molecule has 0 saturated heterocycles. The van der Waals surface area contributed by atoms with Gasteiger partial charge in [0.05, 0.1) is 40.8 Å². The maximum absolute atomic E-state index is 14.5. The Kier molecular flexibility index (Phi) is 5.39. The van der Waals surface area contributed by atoms with Gasteiger partial charge in [0.25, 0.3) is 0 Å². The van der Waals surface area contributed by atoms with E-state index in [1.165, 1.54) is 12.1 Å². The number of methoxy groups -OCH3 is 1. The molecule has 0 spiro atoms. The number of hydrogen-bond donors (Lipinski definition) is 0. The van der Waals surface area contributed by atoms with Crippen LogP contribution < -0.4 is 4.74 Å². The molecule has 0 saturated carbocycles. The van der Waals surface area contributed by atoms with Crippen LogP contribution in [-0.4, -0.2) is 27.9 Å². The van der Waals surface area contributed by atoms with Crippen LogP contribution in [0.15, 0.2) is 54.7 Å². The van der Waals surface area contributed by atoms with Crippen LogP contribution in [0.3, 0.4) is 0 Å². The van der Waals surface area contributed by atoms with Crippen molar-refractivity contribution in [3.05, 3.63) is 71.8 Å². The third-order valence-electron chi connectivity index (χ3n) is 5.41. The molecule has 1 aromatic heterocycles. The second-order valence-electron chi connectivity index (χ2n) is 9.11. The second-order valence-corrected chi connectivity index (χ2v) is 9.11. The molecule has 0 fully saturated rings. The van der Waals surface area contributed by atoms with E-state index in [4.69, 9.17) is 19.7 Å². The fraction of sp³-hybridized carbons (Fsp3) is 0.308.